The number of hydrogen-bond donors (Lipinski definition) is 0. The molecule has 1 aromatic rings. The van der Waals surface area contributed by atoms with Gasteiger partial charge in [0.05, 0.1) is 28.4 Å². The van der Waals surface area contributed by atoms with E-state index in [-0.39, 0.29) is 0 Å². The molecule has 0 aliphatic rings. The summed E-state index contributed by atoms with van der Waals surface area (Å²) in [6.45, 7) is 2.05. The lowest BCUT2D eigenvalue weighted by Crippen LogP contribution is -2.05. The maximum atomic E-state index is 5.64. The van der Waals surface area contributed by atoms with E-state index in [1.165, 1.54) is 25.7 Å². The van der Waals surface area contributed by atoms with Crippen molar-refractivity contribution in [2.45, 2.75) is 45.4 Å². The largest absolute Gasteiger partial charge is 0.492 e. The fraction of sp³-hybridized carbons (Fsp3) is 0.600. The Bertz CT molecular complexity index is 555. The van der Waals surface area contributed by atoms with Gasteiger partial charge in [-0.1, -0.05) is 47.6 Å². The van der Waals surface area contributed by atoms with Crippen molar-refractivity contribution >= 4 is 22.6 Å². The van der Waals surface area contributed by atoms with E-state index in [0.29, 0.717) is 11.5 Å². The minimum Gasteiger partial charge on any atom is -0.492 e. The van der Waals surface area contributed by atoms with Crippen LogP contribution in [0.1, 0.15) is 43.2 Å². The summed E-state index contributed by atoms with van der Waals surface area (Å²) in [5, 5.41) is 0. The van der Waals surface area contributed by atoms with Crippen molar-refractivity contribution in [3.05, 3.63) is 23.3 Å². The number of alkyl halides is 1. The molecule has 0 aliphatic heterocycles. The fourth-order valence-electron chi connectivity index (χ4n) is 3.05. The normalized spacial score (nSPS) is 11.0. The van der Waals surface area contributed by atoms with Gasteiger partial charge in [-0.05, 0) is 32.6 Å². The first-order valence-electron chi connectivity index (χ1n) is 8.72. The van der Waals surface area contributed by atoms with Crippen LogP contribution in [0.2, 0.25) is 0 Å². The first-order valence-corrected chi connectivity index (χ1v) is 10.2. The highest BCUT2D eigenvalue weighted by molar-refractivity contribution is 14.1. The van der Waals surface area contributed by atoms with Crippen molar-refractivity contribution in [1.82, 2.24) is 0 Å². The number of unbranched alkanes of at least 4 members (excludes halogenated alkanes) is 4. The Hall–Kier alpha value is -1.11. The molecule has 0 saturated heterocycles. The lowest BCUT2D eigenvalue weighted by molar-refractivity contribution is 0.302. The van der Waals surface area contributed by atoms with Gasteiger partial charge in [-0.25, -0.2) is 0 Å². The van der Waals surface area contributed by atoms with Gasteiger partial charge >= 0.3 is 0 Å². The molecule has 0 amide bonds. The zero-order chi connectivity index (χ0) is 18.7. The van der Waals surface area contributed by atoms with Crippen LogP contribution in [0.5, 0.6) is 23.0 Å². The van der Waals surface area contributed by atoms with E-state index in [4.69, 9.17) is 18.9 Å². The molecule has 1 aromatic carbocycles. The van der Waals surface area contributed by atoms with Gasteiger partial charge in [-0.15, -0.1) is 0 Å². The van der Waals surface area contributed by atoms with Gasteiger partial charge in [-0.3, -0.25) is 0 Å². The van der Waals surface area contributed by atoms with Crippen molar-refractivity contribution in [3.63, 3.8) is 0 Å². The standard InChI is InChI=1S/C20H31IO4/c1-15-16(13-11-9-7-6-8-10-12-14-21)18(23-3)20(25-5)19(24-4)17(15)22-2/h10,12H,6-9,11,13-14H2,1-5H3/b12-10+. The number of ether oxygens (including phenoxy) is 4. The molecule has 0 unspecified atom stereocenters. The smallest absolute Gasteiger partial charge is 0.207 e. The summed E-state index contributed by atoms with van der Waals surface area (Å²) >= 11 is 2.37. The first kappa shape index (κ1) is 21.9. The maximum absolute atomic E-state index is 5.64. The molecule has 5 heteroatoms. The van der Waals surface area contributed by atoms with Crippen molar-refractivity contribution in [1.29, 1.82) is 0 Å². The lowest BCUT2D eigenvalue weighted by atomic mass is 9.98. The summed E-state index contributed by atoms with van der Waals surface area (Å²) in [5.74, 6) is 2.67. The van der Waals surface area contributed by atoms with E-state index >= 15 is 0 Å². The number of allylic oxidation sites excluding steroid dienone is 2. The van der Waals surface area contributed by atoms with Gasteiger partial charge in [0.25, 0.3) is 0 Å². The summed E-state index contributed by atoms with van der Waals surface area (Å²) in [7, 11) is 6.57. The van der Waals surface area contributed by atoms with Gasteiger partial charge in [-0.2, -0.15) is 0 Å². The van der Waals surface area contributed by atoms with Crippen molar-refractivity contribution in [3.8, 4) is 23.0 Å². The maximum Gasteiger partial charge on any atom is 0.207 e. The molecule has 0 aliphatic carbocycles. The third kappa shape index (κ3) is 5.97. The number of halogens is 1. The van der Waals surface area contributed by atoms with E-state index in [1.54, 1.807) is 28.4 Å². The van der Waals surface area contributed by atoms with Gasteiger partial charge < -0.3 is 18.9 Å². The summed E-state index contributed by atoms with van der Waals surface area (Å²) < 4.78 is 23.3. The quantitative estimate of drug-likeness (QED) is 0.178. The molecule has 0 atom stereocenters. The average Bonchev–Trinajstić information content (AvgIpc) is 2.63. The first-order chi connectivity index (χ1) is 12.2. The van der Waals surface area contributed by atoms with Crippen LogP contribution in [0, 0.1) is 6.92 Å². The topological polar surface area (TPSA) is 36.9 Å². The van der Waals surface area contributed by atoms with Gasteiger partial charge in [0, 0.05) is 15.6 Å². The molecular weight excluding hydrogens is 431 g/mol. The van der Waals surface area contributed by atoms with Crippen LogP contribution in [0.3, 0.4) is 0 Å². The van der Waals surface area contributed by atoms with Gasteiger partial charge in [0.1, 0.15) is 0 Å². The van der Waals surface area contributed by atoms with Gasteiger partial charge in [0.2, 0.25) is 11.5 Å². The highest BCUT2D eigenvalue weighted by Gasteiger charge is 2.24. The summed E-state index contributed by atoms with van der Waals surface area (Å²) in [5.41, 5.74) is 2.20. The van der Waals surface area contributed by atoms with Crippen LogP contribution in [-0.2, 0) is 6.42 Å². The molecule has 1 rings (SSSR count). The molecule has 0 saturated carbocycles. The minimum absolute atomic E-state index is 0.588. The Balaban J connectivity index is 2.83. The second-order valence-electron chi connectivity index (χ2n) is 5.82. The Morgan fingerprint density at radius 1 is 0.720 bits per heavy atom. The summed E-state index contributed by atoms with van der Waals surface area (Å²) in [6.07, 6.45) is 11.4. The molecule has 0 heterocycles. The summed E-state index contributed by atoms with van der Waals surface area (Å²) in [4.78, 5) is 0. The Kier molecular flexibility index (Phi) is 10.8. The van der Waals surface area contributed by atoms with Crippen molar-refractivity contribution < 1.29 is 18.9 Å². The molecule has 0 aromatic heterocycles. The second-order valence-corrected chi connectivity index (χ2v) is 6.70. The predicted octanol–water partition coefficient (Wildman–Crippen LogP) is 5.51. The number of methoxy groups -OCH3 is 4. The van der Waals surface area contributed by atoms with Crippen LogP contribution in [0.25, 0.3) is 0 Å². The zero-order valence-corrected chi connectivity index (χ0v) is 18.3. The van der Waals surface area contributed by atoms with Crippen LogP contribution >= 0.6 is 22.6 Å². The van der Waals surface area contributed by atoms with E-state index in [1.807, 2.05) is 6.92 Å². The molecule has 0 N–H and O–H groups in total. The zero-order valence-electron chi connectivity index (χ0n) is 16.1. The molecule has 0 bridgehead atoms. The number of hydrogen-bond acceptors (Lipinski definition) is 4. The van der Waals surface area contributed by atoms with Crippen LogP contribution in [-0.4, -0.2) is 32.9 Å². The van der Waals surface area contributed by atoms with E-state index in [2.05, 4.69) is 34.7 Å². The molecule has 0 spiro atoms. The summed E-state index contributed by atoms with van der Waals surface area (Å²) in [6, 6.07) is 0. The number of rotatable bonds is 12. The molecule has 142 valence electrons. The lowest BCUT2D eigenvalue weighted by Gasteiger charge is -2.21. The molecule has 0 radical (unpaired) electrons. The average molecular weight is 462 g/mol. The molecular formula is C20H31IO4. The third-order valence-electron chi connectivity index (χ3n) is 4.31. The highest BCUT2D eigenvalue weighted by Crippen LogP contribution is 2.49. The van der Waals surface area contributed by atoms with Crippen molar-refractivity contribution in [2.75, 3.05) is 32.9 Å². The van der Waals surface area contributed by atoms with Crippen LogP contribution in [0.4, 0.5) is 0 Å². The molecule has 25 heavy (non-hydrogen) atoms. The van der Waals surface area contributed by atoms with E-state index in [0.717, 1.165) is 39.9 Å². The van der Waals surface area contributed by atoms with Crippen LogP contribution in [0.15, 0.2) is 12.2 Å². The SMILES string of the molecule is COc1c(C)c(CCCCCC/C=C/CI)c(OC)c(OC)c1OC. The van der Waals surface area contributed by atoms with Gasteiger partial charge in [0.15, 0.2) is 11.5 Å². The molecule has 0 fully saturated rings. The van der Waals surface area contributed by atoms with Crippen LogP contribution < -0.4 is 18.9 Å². The predicted molar refractivity (Wildman–Crippen MR) is 112 cm³/mol. The van der Waals surface area contributed by atoms with E-state index < -0.39 is 0 Å². The molecule has 4 nitrogen and oxygen atoms in total. The Morgan fingerprint density at radius 3 is 1.84 bits per heavy atom. The monoisotopic (exact) mass is 462 g/mol. The minimum atomic E-state index is 0.588. The Morgan fingerprint density at radius 2 is 1.28 bits per heavy atom. The number of benzene rings is 1. The van der Waals surface area contributed by atoms with Crippen molar-refractivity contribution in [2.24, 2.45) is 0 Å². The Labute approximate surface area is 166 Å². The van der Waals surface area contributed by atoms with E-state index in [9.17, 15) is 0 Å². The second kappa shape index (κ2) is 12.3. The highest BCUT2D eigenvalue weighted by atomic mass is 127. The fourth-order valence-corrected chi connectivity index (χ4v) is 3.41. The third-order valence-corrected chi connectivity index (χ3v) is 4.81.